The summed E-state index contributed by atoms with van der Waals surface area (Å²) >= 11 is 0. The van der Waals surface area contributed by atoms with Gasteiger partial charge in [0.05, 0.1) is 23.4 Å². The van der Waals surface area contributed by atoms with E-state index in [1.54, 1.807) is 6.20 Å². The second kappa shape index (κ2) is 7.77. The van der Waals surface area contributed by atoms with Crippen LogP contribution in [0.3, 0.4) is 0 Å². The standard InChI is InChI=1S/C20H22F3N9/c1-10(2)15(14-9-31(4)17(26-14)20(21,22)23)27-19-29-16(28-18(24)30-19)12-5-6-13-7-25-11(3)32(13)8-12/h5-10,15H,1-4H3,(H3,24,27,28,29,30). The molecule has 4 rings (SSSR count). The summed E-state index contributed by atoms with van der Waals surface area (Å²) in [6, 6.07) is 3.14. The van der Waals surface area contributed by atoms with E-state index in [0.717, 1.165) is 15.9 Å². The van der Waals surface area contributed by atoms with Crippen molar-refractivity contribution in [3.8, 4) is 11.4 Å². The van der Waals surface area contributed by atoms with E-state index < -0.39 is 18.0 Å². The third kappa shape index (κ3) is 4.07. The van der Waals surface area contributed by atoms with E-state index in [-0.39, 0.29) is 23.5 Å². The second-order valence-corrected chi connectivity index (χ2v) is 7.82. The Morgan fingerprint density at radius 1 is 1.06 bits per heavy atom. The summed E-state index contributed by atoms with van der Waals surface area (Å²) < 4.78 is 42.5. The summed E-state index contributed by atoms with van der Waals surface area (Å²) in [5.41, 5.74) is 7.74. The number of aryl methyl sites for hydroxylation is 2. The minimum Gasteiger partial charge on any atom is -0.368 e. The van der Waals surface area contributed by atoms with Gasteiger partial charge in [-0.2, -0.15) is 28.1 Å². The summed E-state index contributed by atoms with van der Waals surface area (Å²) in [6.45, 7) is 5.60. The van der Waals surface area contributed by atoms with Gasteiger partial charge in [-0.3, -0.25) is 0 Å². The largest absolute Gasteiger partial charge is 0.449 e. The van der Waals surface area contributed by atoms with Crippen molar-refractivity contribution in [2.45, 2.75) is 33.0 Å². The van der Waals surface area contributed by atoms with Crippen molar-refractivity contribution in [2.75, 3.05) is 11.1 Å². The number of nitrogens with two attached hydrogens (primary N) is 1. The molecule has 168 valence electrons. The van der Waals surface area contributed by atoms with Crippen molar-refractivity contribution in [1.82, 2.24) is 33.9 Å². The molecule has 1 atom stereocenters. The van der Waals surface area contributed by atoms with Crippen LogP contribution in [0.2, 0.25) is 0 Å². The van der Waals surface area contributed by atoms with E-state index in [4.69, 9.17) is 5.73 Å². The monoisotopic (exact) mass is 445 g/mol. The number of nitrogens with one attached hydrogen (secondary N) is 1. The van der Waals surface area contributed by atoms with Gasteiger partial charge in [-0.05, 0) is 25.0 Å². The van der Waals surface area contributed by atoms with Gasteiger partial charge in [-0.15, -0.1) is 0 Å². The van der Waals surface area contributed by atoms with Crippen LogP contribution in [0.1, 0.15) is 37.2 Å². The van der Waals surface area contributed by atoms with Crippen LogP contribution in [0.4, 0.5) is 25.1 Å². The number of pyridine rings is 1. The number of fused-ring (bicyclic) bond motifs is 1. The average Bonchev–Trinajstić information content (AvgIpc) is 3.28. The zero-order valence-electron chi connectivity index (χ0n) is 17.9. The fourth-order valence-corrected chi connectivity index (χ4v) is 3.46. The van der Waals surface area contributed by atoms with Crippen molar-refractivity contribution >= 4 is 17.4 Å². The number of hydrogen-bond donors (Lipinski definition) is 2. The molecule has 12 heteroatoms. The lowest BCUT2D eigenvalue weighted by Gasteiger charge is -2.21. The molecule has 4 aromatic heterocycles. The number of hydrogen-bond acceptors (Lipinski definition) is 7. The van der Waals surface area contributed by atoms with Crippen molar-refractivity contribution < 1.29 is 13.2 Å². The van der Waals surface area contributed by atoms with Gasteiger partial charge in [0.1, 0.15) is 5.82 Å². The van der Waals surface area contributed by atoms with Crippen LogP contribution in [0.25, 0.3) is 16.9 Å². The molecule has 0 aliphatic carbocycles. The highest BCUT2D eigenvalue weighted by Crippen LogP contribution is 2.32. The third-order valence-electron chi connectivity index (χ3n) is 5.04. The van der Waals surface area contributed by atoms with Gasteiger partial charge in [0.2, 0.25) is 17.7 Å². The van der Waals surface area contributed by atoms with Crippen molar-refractivity contribution in [1.29, 1.82) is 0 Å². The van der Waals surface area contributed by atoms with Crippen molar-refractivity contribution in [2.24, 2.45) is 13.0 Å². The molecule has 0 saturated heterocycles. The quantitative estimate of drug-likeness (QED) is 0.482. The molecule has 4 aromatic rings. The van der Waals surface area contributed by atoms with E-state index in [1.807, 2.05) is 43.5 Å². The predicted molar refractivity (Wildman–Crippen MR) is 113 cm³/mol. The second-order valence-electron chi connectivity index (χ2n) is 7.82. The van der Waals surface area contributed by atoms with Crippen LogP contribution >= 0.6 is 0 Å². The molecule has 0 spiro atoms. The molecule has 0 saturated carbocycles. The van der Waals surface area contributed by atoms with Crippen LogP contribution in [0.5, 0.6) is 0 Å². The van der Waals surface area contributed by atoms with Crippen LogP contribution in [-0.2, 0) is 13.2 Å². The Hall–Kier alpha value is -3.70. The maximum Gasteiger partial charge on any atom is 0.449 e. The number of aromatic nitrogens is 7. The molecule has 32 heavy (non-hydrogen) atoms. The molecular formula is C20H22F3N9. The molecule has 4 heterocycles. The number of anilines is 2. The number of rotatable bonds is 5. The number of halogens is 3. The molecule has 0 radical (unpaired) electrons. The highest BCUT2D eigenvalue weighted by atomic mass is 19.4. The summed E-state index contributed by atoms with van der Waals surface area (Å²) in [4.78, 5) is 20.9. The minimum atomic E-state index is -4.55. The Labute approximate surface area is 181 Å². The van der Waals surface area contributed by atoms with Gasteiger partial charge in [0, 0.05) is 25.0 Å². The molecule has 0 amide bonds. The molecule has 0 fully saturated rings. The zero-order chi connectivity index (χ0) is 23.2. The fraction of sp³-hybridized carbons (Fsp3) is 0.350. The summed E-state index contributed by atoms with van der Waals surface area (Å²) in [7, 11) is 1.31. The minimum absolute atomic E-state index is 0.0144. The van der Waals surface area contributed by atoms with E-state index in [0.29, 0.717) is 11.4 Å². The maximum absolute atomic E-state index is 13.2. The Balaban J connectivity index is 1.70. The van der Waals surface area contributed by atoms with E-state index in [9.17, 15) is 13.2 Å². The molecule has 0 bridgehead atoms. The SMILES string of the molecule is Cc1ncc2ccc(-c3nc(N)nc(NC(c4cn(C)c(C(F)(F)F)n4)C(C)C)n3)cn12. The van der Waals surface area contributed by atoms with Gasteiger partial charge in [0.15, 0.2) is 5.82 Å². The maximum atomic E-state index is 13.2. The molecule has 0 aromatic carbocycles. The Kier molecular flexibility index (Phi) is 5.23. The van der Waals surface area contributed by atoms with Crippen molar-refractivity contribution in [3.05, 3.63) is 48.1 Å². The van der Waals surface area contributed by atoms with E-state index in [1.165, 1.54) is 13.2 Å². The first-order chi connectivity index (χ1) is 15.0. The van der Waals surface area contributed by atoms with Gasteiger partial charge in [0.25, 0.3) is 0 Å². The highest BCUT2D eigenvalue weighted by Gasteiger charge is 2.37. The van der Waals surface area contributed by atoms with Crippen LogP contribution < -0.4 is 11.1 Å². The smallest absolute Gasteiger partial charge is 0.368 e. The molecule has 0 aliphatic heterocycles. The predicted octanol–water partition coefficient (Wildman–Crippen LogP) is 3.64. The van der Waals surface area contributed by atoms with E-state index in [2.05, 4.69) is 30.2 Å². The van der Waals surface area contributed by atoms with Gasteiger partial charge < -0.3 is 20.0 Å². The molecule has 0 aliphatic rings. The Bertz CT molecular complexity index is 1270. The highest BCUT2D eigenvalue weighted by molar-refractivity contribution is 5.61. The van der Waals surface area contributed by atoms with Crippen LogP contribution in [0, 0.1) is 12.8 Å². The van der Waals surface area contributed by atoms with Gasteiger partial charge in [-0.25, -0.2) is 9.97 Å². The Morgan fingerprint density at radius 3 is 2.47 bits per heavy atom. The first kappa shape index (κ1) is 21.5. The fourth-order valence-electron chi connectivity index (χ4n) is 3.46. The van der Waals surface area contributed by atoms with Crippen molar-refractivity contribution in [3.63, 3.8) is 0 Å². The van der Waals surface area contributed by atoms with Crippen LogP contribution in [0.15, 0.2) is 30.7 Å². The average molecular weight is 445 g/mol. The summed E-state index contributed by atoms with van der Waals surface area (Å²) in [6.07, 6.45) is 0.388. The van der Waals surface area contributed by atoms with E-state index >= 15 is 0 Å². The van der Waals surface area contributed by atoms with Gasteiger partial charge in [-0.1, -0.05) is 13.8 Å². The first-order valence-corrected chi connectivity index (χ1v) is 9.85. The topological polar surface area (TPSA) is 112 Å². The first-order valence-electron chi connectivity index (χ1n) is 9.85. The molecule has 1 unspecified atom stereocenters. The molecule has 3 N–H and O–H groups in total. The third-order valence-corrected chi connectivity index (χ3v) is 5.04. The lowest BCUT2D eigenvalue weighted by atomic mass is 10.0. The zero-order valence-corrected chi connectivity index (χ0v) is 17.9. The molecule has 9 nitrogen and oxygen atoms in total. The molecular weight excluding hydrogens is 423 g/mol. The lowest BCUT2D eigenvalue weighted by molar-refractivity contribution is -0.146. The number of imidazole rings is 2. The van der Waals surface area contributed by atoms with Crippen LogP contribution in [-0.4, -0.2) is 33.9 Å². The Morgan fingerprint density at radius 2 is 1.81 bits per heavy atom. The summed E-state index contributed by atoms with van der Waals surface area (Å²) in [5, 5.41) is 3.08. The normalized spacial score (nSPS) is 13.1. The number of nitrogen functional groups attached to an aromatic ring is 1. The lowest BCUT2D eigenvalue weighted by Crippen LogP contribution is -2.20. The summed E-state index contributed by atoms with van der Waals surface area (Å²) in [5.74, 6) is 0.178. The number of alkyl halides is 3. The number of nitrogens with zero attached hydrogens (tertiary/aromatic N) is 7. The van der Waals surface area contributed by atoms with Gasteiger partial charge >= 0.3 is 6.18 Å².